The Labute approximate surface area is 136 Å². The van der Waals surface area contributed by atoms with Gasteiger partial charge in [0, 0.05) is 12.5 Å². The van der Waals surface area contributed by atoms with E-state index in [0.717, 1.165) is 32.2 Å². The second-order valence-electron chi connectivity index (χ2n) is 6.80. The van der Waals surface area contributed by atoms with Gasteiger partial charge >= 0.3 is 0 Å². The molecule has 0 radical (unpaired) electrons. The van der Waals surface area contributed by atoms with Crippen LogP contribution >= 0.6 is 0 Å². The molecule has 1 fully saturated rings. The van der Waals surface area contributed by atoms with Crippen molar-refractivity contribution in [2.24, 2.45) is 5.92 Å². The summed E-state index contributed by atoms with van der Waals surface area (Å²) in [6.45, 7) is 0.452. The van der Waals surface area contributed by atoms with Gasteiger partial charge in [0.25, 0.3) is 0 Å². The Balaban J connectivity index is 1.75. The van der Waals surface area contributed by atoms with E-state index in [1.54, 1.807) is 0 Å². The monoisotopic (exact) mass is 314 g/mol. The molecule has 2 nitrogen and oxygen atoms in total. The average molecular weight is 314 g/mol. The number of hydrogen-bond donors (Lipinski definition) is 0. The van der Waals surface area contributed by atoms with Gasteiger partial charge in [0.1, 0.15) is 6.29 Å². The molecule has 0 aromatic heterocycles. The largest absolute Gasteiger partial charge is 0.378 e. The van der Waals surface area contributed by atoms with Gasteiger partial charge in [0.2, 0.25) is 0 Å². The van der Waals surface area contributed by atoms with E-state index in [0.29, 0.717) is 6.10 Å². The second kappa shape index (κ2) is 14.2. The molecule has 0 heterocycles. The summed E-state index contributed by atoms with van der Waals surface area (Å²) in [7, 11) is 0. The Morgan fingerprint density at radius 1 is 0.909 bits per heavy atom. The van der Waals surface area contributed by atoms with Crippen LogP contribution in [0.25, 0.3) is 0 Å². The molecular formula is C19H35FO2. The minimum Gasteiger partial charge on any atom is -0.378 e. The molecule has 0 bridgehead atoms. The third-order valence-corrected chi connectivity index (χ3v) is 4.77. The van der Waals surface area contributed by atoms with Crippen molar-refractivity contribution in [3.05, 3.63) is 0 Å². The fourth-order valence-corrected chi connectivity index (χ4v) is 3.23. The number of hydrogen-bond acceptors (Lipinski definition) is 2. The summed E-state index contributed by atoms with van der Waals surface area (Å²) in [5.41, 5.74) is 0. The average Bonchev–Trinajstić information content (AvgIpc) is 2.57. The number of ether oxygens (including phenoxy) is 1. The van der Waals surface area contributed by atoms with Crippen LogP contribution in [0.4, 0.5) is 4.39 Å². The molecule has 0 aromatic carbocycles. The van der Waals surface area contributed by atoms with Crippen LogP contribution in [0.3, 0.4) is 0 Å². The predicted octanol–water partition coefficient (Wildman–Crippen LogP) is 5.63. The Bertz CT molecular complexity index is 252. The van der Waals surface area contributed by atoms with Crippen molar-refractivity contribution in [1.29, 1.82) is 0 Å². The zero-order chi connectivity index (χ0) is 15.9. The van der Waals surface area contributed by atoms with Crippen molar-refractivity contribution in [1.82, 2.24) is 0 Å². The molecule has 1 aliphatic rings. The highest BCUT2D eigenvalue weighted by molar-refractivity contribution is 5.53. The molecule has 0 aliphatic heterocycles. The fraction of sp³-hybridized carbons (Fsp3) is 0.947. The molecule has 0 spiro atoms. The maximum absolute atomic E-state index is 12.3. The molecule has 0 N–H and O–H groups in total. The van der Waals surface area contributed by atoms with Gasteiger partial charge in [-0.15, -0.1) is 0 Å². The van der Waals surface area contributed by atoms with Crippen molar-refractivity contribution in [3.8, 4) is 0 Å². The first kappa shape index (κ1) is 19.6. The molecular weight excluding hydrogens is 279 g/mol. The lowest BCUT2D eigenvalue weighted by molar-refractivity contribution is -0.111. The Kier molecular flexibility index (Phi) is 12.6. The summed E-state index contributed by atoms with van der Waals surface area (Å²) in [6, 6.07) is 0. The van der Waals surface area contributed by atoms with Crippen molar-refractivity contribution in [3.63, 3.8) is 0 Å². The van der Waals surface area contributed by atoms with Gasteiger partial charge in [0.05, 0.1) is 12.8 Å². The summed E-state index contributed by atoms with van der Waals surface area (Å²) >= 11 is 0. The SMILES string of the molecule is O=CC(CF)CCCCCCCCCCOC1CCCCC1. The van der Waals surface area contributed by atoms with Gasteiger partial charge in [-0.1, -0.05) is 64.2 Å². The molecule has 1 unspecified atom stereocenters. The summed E-state index contributed by atoms with van der Waals surface area (Å²) in [6.07, 6.45) is 18.4. The van der Waals surface area contributed by atoms with Gasteiger partial charge in [-0.3, -0.25) is 4.39 Å². The van der Waals surface area contributed by atoms with Gasteiger partial charge < -0.3 is 9.53 Å². The fourth-order valence-electron chi connectivity index (χ4n) is 3.23. The van der Waals surface area contributed by atoms with Gasteiger partial charge in [-0.2, -0.15) is 0 Å². The Morgan fingerprint density at radius 2 is 1.50 bits per heavy atom. The van der Waals surface area contributed by atoms with Crippen LogP contribution in [0.2, 0.25) is 0 Å². The van der Waals surface area contributed by atoms with Gasteiger partial charge in [-0.05, 0) is 25.7 Å². The minimum absolute atomic E-state index is 0.357. The highest BCUT2D eigenvalue weighted by Crippen LogP contribution is 2.20. The zero-order valence-electron chi connectivity index (χ0n) is 14.2. The lowest BCUT2D eigenvalue weighted by Gasteiger charge is -2.21. The van der Waals surface area contributed by atoms with Crippen LogP contribution in [0.1, 0.15) is 89.9 Å². The maximum Gasteiger partial charge on any atom is 0.125 e. The van der Waals surface area contributed by atoms with E-state index >= 15 is 0 Å². The van der Waals surface area contributed by atoms with Crippen LogP contribution in [0.15, 0.2) is 0 Å². The highest BCUT2D eigenvalue weighted by Gasteiger charge is 2.12. The van der Waals surface area contributed by atoms with E-state index in [-0.39, 0.29) is 5.92 Å². The van der Waals surface area contributed by atoms with E-state index in [4.69, 9.17) is 4.74 Å². The van der Waals surface area contributed by atoms with Crippen LogP contribution in [-0.2, 0) is 9.53 Å². The summed E-state index contributed by atoms with van der Waals surface area (Å²) in [5.74, 6) is -0.357. The number of rotatable bonds is 14. The Hall–Kier alpha value is -0.440. The van der Waals surface area contributed by atoms with Crippen molar-refractivity contribution in [2.75, 3.05) is 13.3 Å². The number of unbranched alkanes of at least 4 members (excludes halogenated alkanes) is 7. The van der Waals surface area contributed by atoms with E-state index in [9.17, 15) is 9.18 Å². The first-order chi connectivity index (χ1) is 10.9. The molecule has 1 saturated carbocycles. The highest BCUT2D eigenvalue weighted by atomic mass is 19.1. The lowest BCUT2D eigenvalue weighted by atomic mass is 9.98. The zero-order valence-corrected chi connectivity index (χ0v) is 14.2. The van der Waals surface area contributed by atoms with E-state index in [1.807, 2.05) is 0 Å². The first-order valence-electron chi connectivity index (χ1n) is 9.49. The van der Waals surface area contributed by atoms with E-state index in [1.165, 1.54) is 70.6 Å². The summed E-state index contributed by atoms with van der Waals surface area (Å²) in [4.78, 5) is 10.5. The third-order valence-electron chi connectivity index (χ3n) is 4.77. The molecule has 0 aromatic rings. The topological polar surface area (TPSA) is 26.3 Å². The van der Waals surface area contributed by atoms with Gasteiger partial charge in [0.15, 0.2) is 0 Å². The molecule has 22 heavy (non-hydrogen) atoms. The van der Waals surface area contributed by atoms with Crippen LogP contribution < -0.4 is 0 Å². The smallest absolute Gasteiger partial charge is 0.125 e. The standard InChI is InChI=1S/C19H35FO2/c20-16-18(17-21)12-8-5-3-1-2-4-6-11-15-22-19-13-9-7-10-14-19/h17-19H,1-16H2. The van der Waals surface area contributed by atoms with Crippen LogP contribution in [0, 0.1) is 5.92 Å². The van der Waals surface area contributed by atoms with E-state index < -0.39 is 6.67 Å². The Morgan fingerprint density at radius 3 is 2.09 bits per heavy atom. The molecule has 130 valence electrons. The summed E-state index contributed by atoms with van der Waals surface area (Å²) in [5, 5.41) is 0. The number of carbonyl (C=O) groups is 1. The lowest BCUT2D eigenvalue weighted by Crippen LogP contribution is -2.17. The molecule has 0 saturated heterocycles. The van der Waals surface area contributed by atoms with Crippen molar-refractivity contribution >= 4 is 6.29 Å². The third kappa shape index (κ3) is 10.3. The van der Waals surface area contributed by atoms with Crippen LogP contribution in [0.5, 0.6) is 0 Å². The quantitative estimate of drug-likeness (QED) is 0.307. The molecule has 1 aliphatic carbocycles. The normalized spacial score (nSPS) is 17.5. The minimum atomic E-state index is -0.494. The van der Waals surface area contributed by atoms with Gasteiger partial charge in [-0.25, -0.2) is 0 Å². The molecule has 1 rings (SSSR count). The van der Waals surface area contributed by atoms with Crippen molar-refractivity contribution in [2.45, 2.75) is 96.0 Å². The second-order valence-corrected chi connectivity index (χ2v) is 6.80. The summed E-state index contributed by atoms with van der Waals surface area (Å²) < 4.78 is 18.2. The number of carbonyl (C=O) groups excluding carboxylic acids is 1. The number of alkyl halides is 1. The molecule has 3 heteroatoms. The van der Waals surface area contributed by atoms with Crippen molar-refractivity contribution < 1.29 is 13.9 Å². The molecule has 0 amide bonds. The predicted molar refractivity (Wildman–Crippen MR) is 89.9 cm³/mol. The maximum atomic E-state index is 12.3. The van der Waals surface area contributed by atoms with Crippen LogP contribution in [-0.4, -0.2) is 25.7 Å². The first-order valence-corrected chi connectivity index (χ1v) is 9.49. The number of aldehydes is 1. The van der Waals surface area contributed by atoms with E-state index in [2.05, 4.69) is 0 Å². The molecule has 1 atom stereocenters. The number of halogens is 1.